The maximum atomic E-state index is 12.7. The number of hydrogen-bond acceptors (Lipinski definition) is 4. The average Bonchev–Trinajstić information content (AvgIpc) is 3.29. The van der Waals surface area contributed by atoms with Gasteiger partial charge in [-0.1, -0.05) is 17.8 Å². The lowest BCUT2D eigenvalue weighted by molar-refractivity contribution is 0.0576. The van der Waals surface area contributed by atoms with Gasteiger partial charge in [-0.2, -0.15) is 0 Å². The molecule has 0 aromatic carbocycles. The molecular weight excluding hydrogens is 332 g/mol. The lowest BCUT2D eigenvalue weighted by atomic mass is 9.83. The van der Waals surface area contributed by atoms with E-state index in [1.807, 2.05) is 36.0 Å². The fourth-order valence-corrected chi connectivity index (χ4v) is 5.24. The van der Waals surface area contributed by atoms with E-state index in [-0.39, 0.29) is 5.91 Å². The van der Waals surface area contributed by atoms with Gasteiger partial charge in [0.1, 0.15) is 4.88 Å². The molecule has 6 heteroatoms. The zero-order chi connectivity index (χ0) is 17.2. The van der Waals surface area contributed by atoms with E-state index in [1.165, 1.54) is 56.5 Å². The van der Waals surface area contributed by atoms with Crippen molar-refractivity contribution in [1.29, 1.82) is 0 Å². The second kappa shape index (κ2) is 7.30. The third-order valence-electron chi connectivity index (χ3n) is 5.57. The molecule has 1 amide bonds. The molecule has 4 rings (SSSR count). The monoisotopic (exact) mass is 358 g/mol. The van der Waals surface area contributed by atoms with Crippen molar-refractivity contribution in [3.63, 3.8) is 0 Å². The minimum atomic E-state index is 0.0290. The van der Waals surface area contributed by atoms with Crippen LogP contribution in [0.2, 0.25) is 0 Å². The molecule has 0 saturated carbocycles. The van der Waals surface area contributed by atoms with Gasteiger partial charge in [-0.15, -0.1) is 0 Å². The Labute approximate surface area is 153 Å². The molecule has 2 aliphatic heterocycles. The van der Waals surface area contributed by atoms with Crippen molar-refractivity contribution in [3.05, 3.63) is 35.1 Å². The van der Waals surface area contributed by atoms with Gasteiger partial charge in [0.2, 0.25) is 0 Å². The van der Waals surface area contributed by atoms with Gasteiger partial charge in [-0.3, -0.25) is 4.79 Å². The molecule has 2 saturated heterocycles. The topological polar surface area (TPSA) is 50.2 Å². The van der Waals surface area contributed by atoms with Crippen LogP contribution < -0.4 is 5.32 Å². The van der Waals surface area contributed by atoms with Gasteiger partial charge in [0, 0.05) is 25.0 Å². The molecule has 134 valence electrons. The molecule has 4 heterocycles. The highest BCUT2D eigenvalue weighted by Crippen LogP contribution is 2.30. The number of amides is 1. The smallest absolute Gasteiger partial charge is 0.263 e. The number of carbonyl (C=O) groups excluding carboxylic acids is 1. The van der Waals surface area contributed by atoms with E-state index in [2.05, 4.69) is 15.2 Å². The van der Waals surface area contributed by atoms with Crippen LogP contribution in [0.25, 0.3) is 5.13 Å². The van der Waals surface area contributed by atoms with E-state index in [1.54, 1.807) is 0 Å². The summed E-state index contributed by atoms with van der Waals surface area (Å²) in [6, 6.07) is 4.60. The fraction of sp³-hybridized carbons (Fsp3) is 0.579. The molecule has 0 radical (unpaired) electrons. The van der Waals surface area contributed by atoms with Gasteiger partial charge in [-0.25, -0.2) is 4.98 Å². The van der Waals surface area contributed by atoms with Crippen molar-refractivity contribution < 1.29 is 4.79 Å². The largest absolute Gasteiger partial charge is 0.351 e. The summed E-state index contributed by atoms with van der Waals surface area (Å²) in [5.74, 6) is 0.622. The van der Waals surface area contributed by atoms with E-state index in [9.17, 15) is 4.79 Å². The first-order valence-corrected chi connectivity index (χ1v) is 10.2. The van der Waals surface area contributed by atoms with E-state index in [0.29, 0.717) is 12.0 Å². The first-order valence-electron chi connectivity index (χ1n) is 9.35. The second-order valence-electron chi connectivity index (χ2n) is 7.21. The van der Waals surface area contributed by atoms with E-state index < -0.39 is 0 Å². The van der Waals surface area contributed by atoms with Gasteiger partial charge >= 0.3 is 0 Å². The maximum Gasteiger partial charge on any atom is 0.263 e. The Balaban J connectivity index is 1.40. The third kappa shape index (κ3) is 3.51. The van der Waals surface area contributed by atoms with Crippen LogP contribution in [0.1, 0.15) is 47.5 Å². The van der Waals surface area contributed by atoms with E-state index >= 15 is 0 Å². The van der Waals surface area contributed by atoms with Gasteiger partial charge in [0.15, 0.2) is 5.13 Å². The Morgan fingerprint density at radius 3 is 2.88 bits per heavy atom. The van der Waals surface area contributed by atoms with Gasteiger partial charge in [-0.05, 0) is 63.7 Å². The summed E-state index contributed by atoms with van der Waals surface area (Å²) in [6.45, 7) is 5.19. The number of nitrogens with zero attached hydrogens (tertiary/aromatic N) is 3. The minimum absolute atomic E-state index is 0.0290. The van der Waals surface area contributed by atoms with Gasteiger partial charge < -0.3 is 14.8 Å². The maximum absolute atomic E-state index is 12.7. The summed E-state index contributed by atoms with van der Waals surface area (Å²) in [4.78, 5) is 20.6. The van der Waals surface area contributed by atoms with Crippen LogP contribution in [-0.2, 0) is 0 Å². The SMILES string of the molecule is Cc1nc(-n2cccc2)sc1C(=O)NC[C@H]1CCCN2CCCC[C@@H]12. The number of carbonyl (C=O) groups is 1. The van der Waals surface area contributed by atoms with Crippen molar-refractivity contribution in [2.75, 3.05) is 19.6 Å². The molecule has 0 aliphatic carbocycles. The second-order valence-corrected chi connectivity index (χ2v) is 8.19. The summed E-state index contributed by atoms with van der Waals surface area (Å²) >= 11 is 1.46. The molecule has 25 heavy (non-hydrogen) atoms. The summed E-state index contributed by atoms with van der Waals surface area (Å²) in [7, 11) is 0. The molecule has 0 unspecified atom stereocenters. The normalized spacial score (nSPS) is 24.0. The number of piperidine rings is 2. The molecule has 0 bridgehead atoms. The Bertz CT molecular complexity index is 722. The van der Waals surface area contributed by atoms with E-state index in [4.69, 9.17) is 0 Å². The number of aryl methyl sites for hydroxylation is 1. The Kier molecular flexibility index (Phi) is 4.90. The number of hydrogen-bond donors (Lipinski definition) is 1. The molecule has 5 nitrogen and oxygen atoms in total. The van der Waals surface area contributed by atoms with Crippen molar-refractivity contribution in [2.24, 2.45) is 5.92 Å². The number of fused-ring (bicyclic) bond motifs is 1. The lowest BCUT2D eigenvalue weighted by Crippen LogP contribution is -2.50. The van der Waals surface area contributed by atoms with Crippen molar-refractivity contribution in [3.8, 4) is 5.13 Å². The number of rotatable bonds is 4. The highest BCUT2D eigenvalue weighted by atomic mass is 32.1. The Morgan fingerprint density at radius 1 is 1.24 bits per heavy atom. The summed E-state index contributed by atoms with van der Waals surface area (Å²) in [5.41, 5.74) is 0.814. The van der Waals surface area contributed by atoms with Gasteiger partial charge in [0.05, 0.1) is 5.69 Å². The summed E-state index contributed by atoms with van der Waals surface area (Å²) in [6.07, 6.45) is 10.4. The lowest BCUT2D eigenvalue weighted by Gasteiger charge is -2.44. The standard InChI is InChI=1S/C19H26N4OS/c1-14-17(25-19(21-14)23-10-4-5-11-23)18(24)20-13-15-7-6-12-22-9-3-2-8-16(15)22/h4-5,10-11,15-16H,2-3,6-9,12-13H2,1H3,(H,20,24)/t15-,16+/m1/s1. The van der Waals surface area contributed by atoms with Crippen LogP contribution >= 0.6 is 11.3 Å². The zero-order valence-electron chi connectivity index (χ0n) is 14.8. The Hall–Kier alpha value is -1.66. The van der Waals surface area contributed by atoms with Gasteiger partial charge in [0.25, 0.3) is 5.91 Å². The molecule has 0 spiro atoms. The minimum Gasteiger partial charge on any atom is -0.351 e. The predicted molar refractivity (Wildman–Crippen MR) is 100 cm³/mol. The average molecular weight is 359 g/mol. The molecule has 2 aromatic heterocycles. The van der Waals surface area contributed by atoms with Crippen LogP contribution in [0.5, 0.6) is 0 Å². The first-order chi connectivity index (χ1) is 12.2. The van der Waals surface area contributed by atoms with Crippen molar-refractivity contribution in [1.82, 2.24) is 19.8 Å². The molecule has 2 aliphatic rings. The van der Waals surface area contributed by atoms with E-state index in [0.717, 1.165) is 22.2 Å². The summed E-state index contributed by atoms with van der Waals surface area (Å²) in [5, 5.41) is 4.05. The molecule has 1 N–H and O–H groups in total. The van der Waals surface area contributed by atoms with Crippen molar-refractivity contribution in [2.45, 2.75) is 45.1 Å². The van der Waals surface area contributed by atoms with Crippen molar-refractivity contribution >= 4 is 17.2 Å². The quantitative estimate of drug-likeness (QED) is 0.913. The van der Waals surface area contributed by atoms with Crippen LogP contribution in [0.3, 0.4) is 0 Å². The first kappa shape index (κ1) is 16.8. The predicted octanol–water partition coefficient (Wildman–Crippen LogP) is 3.24. The van der Waals surface area contributed by atoms with Crippen LogP contribution in [0.15, 0.2) is 24.5 Å². The molecular formula is C19H26N4OS. The summed E-state index contributed by atoms with van der Waals surface area (Å²) < 4.78 is 1.95. The highest BCUT2D eigenvalue weighted by molar-refractivity contribution is 7.16. The zero-order valence-corrected chi connectivity index (χ0v) is 15.6. The third-order valence-corrected chi connectivity index (χ3v) is 6.74. The molecule has 2 fully saturated rings. The molecule has 2 atom stereocenters. The number of nitrogens with one attached hydrogen (secondary N) is 1. The van der Waals surface area contributed by atoms with Crippen LogP contribution in [0, 0.1) is 12.8 Å². The number of aromatic nitrogens is 2. The highest BCUT2D eigenvalue weighted by Gasteiger charge is 2.33. The van der Waals surface area contributed by atoms with Crippen LogP contribution in [-0.4, -0.2) is 46.0 Å². The fourth-order valence-electron chi connectivity index (χ4n) is 4.28. The molecule has 2 aromatic rings. The number of thiazole rings is 1. The van der Waals surface area contributed by atoms with Crippen LogP contribution in [0.4, 0.5) is 0 Å². The Morgan fingerprint density at radius 2 is 2.04 bits per heavy atom.